The summed E-state index contributed by atoms with van der Waals surface area (Å²) in [5.74, 6) is -0.469. The number of nitrogens with one attached hydrogen (secondary N) is 2. The number of benzene rings is 1. The molecular formula is C13H21N3O3S. The number of rotatable bonds is 7. The van der Waals surface area contributed by atoms with E-state index in [-0.39, 0.29) is 18.4 Å². The van der Waals surface area contributed by atoms with Crippen molar-refractivity contribution in [3.63, 3.8) is 0 Å². The number of sulfonamides is 1. The van der Waals surface area contributed by atoms with Gasteiger partial charge in [0.25, 0.3) is 0 Å². The summed E-state index contributed by atoms with van der Waals surface area (Å²) in [7, 11) is -3.40. The third-order valence-electron chi connectivity index (χ3n) is 2.77. The first-order valence-electron chi connectivity index (χ1n) is 6.45. The zero-order valence-corrected chi connectivity index (χ0v) is 12.5. The maximum absolute atomic E-state index is 12.1. The van der Waals surface area contributed by atoms with E-state index in [1.165, 1.54) is 0 Å². The SMILES string of the molecule is CCCC(CN)C(=O)Nc1ccccc1NS(C)(=O)=O. The maximum Gasteiger partial charge on any atom is 0.229 e. The Labute approximate surface area is 119 Å². The highest BCUT2D eigenvalue weighted by atomic mass is 32.2. The first-order valence-corrected chi connectivity index (χ1v) is 8.34. The van der Waals surface area contributed by atoms with Crippen molar-refractivity contribution in [2.45, 2.75) is 19.8 Å². The van der Waals surface area contributed by atoms with Gasteiger partial charge in [-0.3, -0.25) is 9.52 Å². The minimum Gasteiger partial charge on any atom is -0.330 e. The van der Waals surface area contributed by atoms with Gasteiger partial charge in [0.2, 0.25) is 15.9 Å². The Morgan fingerprint density at radius 1 is 1.30 bits per heavy atom. The molecule has 0 aliphatic rings. The third kappa shape index (κ3) is 5.18. The summed E-state index contributed by atoms with van der Waals surface area (Å²) in [4.78, 5) is 12.1. The van der Waals surface area contributed by atoms with Crippen LogP contribution in [0.4, 0.5) is 11.4 Å². The van der Waals surface area contributed by atoms with Crippen LogP contribution in [0.25, 0.3) is 0 Å². The van der Waals surface area contributed by atoms with Crippen LogP contribution in [0.2, 0.25) is 0 Å². The number of hydrogen-bond acceptors (Lipinski definition) is 4. The first kappa shape index (κ1) is 16.5. The molecule has 1 amide bonds. The highest BCUT2D eigenvalue weighted by Crippen LogP contribution is 2.23. The van der Waals surface area contributed by atoms with Crippen LogP contribution >= 0.6 is 0 Å². The van der Waals surface area contributed by atoms with Gasteiger partial charge >= 0.3 is 0 Å². The van der Waals surface area contributed by atoms with E-state index < -0.39 is 10.0 Å². The molecule has 7 heteroatoms. The summed E-state index contributed by atoms with van der Waals surface area (Å²) in [6, 6.07) is 6.65. The van der Waals surface area contributed by atoms with Crippen molar-refractivity contribution in [3.05, 3.63) is 24.3 Å². The van der Waals surface area contributed by atoms with Crippen molar-refractivity contribution in [2.75, 3.05) is 22.8 Å². The number of anilines is 2. The van der Waals surface area contributed by atoms with Crippen molar-refractivity contribution in [2.24, 2.45) is 11.7 Å². The Morgan fingerprint density at radius 3 is 2.40 bits per heavy atom. The summed E-state index contributed by atoms with van der Waals surface area (Å²) in [5.41, 5.74) is 6.35. The molecule has 1 atom stereocenters. The van der Waals surface area contributed by atoms with E-state index >= 15 is 0 Å². The standard InChI is InChI=1S/C13H21N3O3S/c1-3-6-10(9-14)13(17)15-11-7-4-5-8-12(11)16-20(2,18)19/h4-5,7-8,10,16H,3,6,9,14H2,1-2H3,(H,15,17). The van der Waals surface area contributed by atoms with Gasteiger partial charge < -0.3 is 11.1 Å². The smallest absolute Gasteiger partial charge is 0.229 e. The van der Waals surface area contributed by atoms with Crippen molar-refractivity contribution in [3.8, 4) is 0 Å². The fourth-order valence-corrected chi connectivity index (χ4v) is 2.40. The van der Waals surface area contributed by atoms with Crippen molar-refractivity contribution < 1.29 is 13.2 Å². The van der Waals surface area contributed by atoms with Gasteiger partial charge in [-0.1, -0.05) is 25.5 Å². The van der Waals surface area contributed by atoms with Crippen LogP contribution in [0.5, 0.6) is 0 Å². The van der Waals surface area contributed by atoms with E-state index in [4.69, 9.17) is 5.73 Å². The lowest BCUT2D eigenvalue weighted by Gasteiger charge is -2.16. The Kier molecular flexibility index (Phi) is 5.97. The zero-order valence-electron chi connectivity index (χ0n) is 11.7. The molecule has 0 aliphatic heterocycles. The Hall–Kier alpha value is -1.60. The predicted molar refractivity (Wildman–Crippen MR) is 81.0 cm³/mol. The Bertz CT molecular complexity index is 558. The lowest BCUT2D eigenvalue weighted by atomic mass is 10.0. The molecule has 1 rings (SSSR count). The molecule has 0 saturated heterocycles. The van der Waals surface area contributed by atoms with Gasteiger partial charge in [0.15, 0.2) is 0 Å². The second kappa shape index (κ2) is 7.25. The topological polar surface area (TPSA) is 101 Å². The highest BCUT2D eigenvalue weighted by Gasteiger charge is 2.17. The molecule has 0 aromatic heterocycles. The molecule has 0 bridgehead atoms. The third-order valence-corrected chi connectivity index (χ3v) is 3.36. The van der Waals surface area contributed by atoms with Gasteiger partial charge in [0.05, 0.1) is 23.5 Å². The molecule has 0 radical (unpaired) electrons. The number of carbonyl (C=O) groups is 1. The quantitative estimate of drug-likeness (QED) is 0.707. The predicted octanol–water partition coefficient (Wildman–Crippen LogP) is 1.37. The van der Waals surface area contributed by atoms with E-state index in [1.54, 1.807) is 24.3 Å². The molecule has 112 valence electrons. The average molecular weight is 299 g/mol. The van der Waals surface area contributed by atoms with E-state index in [2.05, 4.69) is 10.0 Å². The van der Waals surface area contributed by atoms with Crippen molar-refractivity contribution >= 4 is 27.3 Å². The molecule has 0 heterocycles. The molecule has 0 aliphatic carbocycles. The highest BCUT2D eigenvalue weighted by molar-refractivity contribution is 7.92. The van der Waals surface area contributed by atoms with Gasteiger partial charge in [0, 0.05) is 6.54 Å². The van der Waals surface area contributed by atoms with Crippen LogP contribution in [0, 0.1) is 5.92 Å². The molecule has 20 heavy (non-hydrogen) atoms. The van der Waals surface area contributed by atoms with Gasteiger partial charge in [0.1, 0.15) is 0 Å². The van der Waals surface area contributed by atoms with Crippen molar-refractivity contribution in [1.82, 2.24) is 0 Å². The lowest BCUT2D eigenvalue weighted by molar-refractivity contribution is -0.119. The van der Waals surface area contributed by atoms with Crippen LogP contribution in [0.1, 0.15) is 19.8 Å². The minimum atomic E-state index is -3.40. The summed E-state index contributed by atoms with van der Waals surface area (Å²) in [6.07, 6.45) is 2.62. The molecule has 1 unspecified atom stereocenters. The normalized spacial score (nSPS) is 12.8. The summed E-state index contributed by atoms with van der Waals surface area (Å²) < 4.78 is 24.9. The van der Waals surface area contributed by atoms with Crippen LogP contribution in [-0.4, -0.2) is 27.1 Å². The largest absolute Gasteiger partial charge is 0.330 e. The van der Waals surface area contributed by atoms with E-state index in [0.717, 1.165) is 12.7 Å². The molecule has 0 saturated carbocycles. The van der Waals surface area contributed by atoms with E-state index in [1.807, 2.05) is 6.92 Å². The fraction of sp³-hybridized carbons (Fsp3) is 0.462. The van der Waals surface area contributed by atoms with Crippen LogP contribution in [-0.2, 0) is 14.8 Å². The molecule has 1 aromatic rings. The Morgan fingerprint density at radius 2 is 1.90 bits per heavy atom. The second-order valence-corrected chi connectivity index (χ2v) is 6.38. The minimum absolute atomic E-state index is 0.197. The fourth-order valence-electron chi connectivity index (χ4n) is 1.82. The van der Waals surface area contributed by atoms with Gasteiger partial charge in [-0.2, -0.15) is 0 Å². The molecule has 1 aromatic carbocycles. The summed E-state index contributed by atoms with van der Waals surface area (Å²) in [6.45, 7) is 2.25. The number of nitrogens with two attached hydrogens (primary N) is 1. The van der Waals surface area contributed by atoms with Crippen LogP contribution in [0.15, 0.2) is 24.3 Å². The van der Waals surface area contributed by atoms with Crippen molar-refractivity contribution in [1.29, 1.82) is 0 Å². The molecule has 0 spiro atoms. The van der Waals surface area contributed by atoms with Crippen LogP contribution in [0.3, 0.4) is 0 Å². The number of para-hydroxylation sites is 2. The number of hydrogen-bond donors (Lipinski definition) is 3. The van der Waals surface area contributed by atoms with Gasteiger partial charge in [-0.15, -0.1) is 0 Å². The molecular weight excluding hydrogens is 278 g/mol. The zero-order chi connectivity index (χ0) is 15.2. The first-order chi connectivity index (χ1) is 9.37. The summed E-state index contributed by atoms with van der Waals surface area (Å²) in [5, 5.41) is 2.72. The molecule has 0 fully saturated rings. The number of amides is 1. The summed E-state index contributed by atoms with van der Waals surface area (Å²) >= 11 is 0. The van der Waals surface area contributed by atoms with E-state index in [9.17, 15) is 13.2 Å². The van der Waals surface area contributed by atoms with Gasteiger partial charge in [-0.25, -0.2) is 8.42 Å². The molecule has 6 nitrogen and oxygen atoms in total. The lowest BCUT2D eigenvalue weighted by Crippen LogP contribution is -2.29. The average Bonchev–Trinajstić information content (AvgIpc) is 2.36. The van der Waals surface area contributed by atoms with E-state index in [0.29, 0.717) is 17.8 Å². The van der Waals surface area contributed by atoms with Crippen LogP contribution < -0.4 is 15.8 Å². The molecule has 4 N–H and O–H groups in total. The number of carbonyl (C=O) groups excluding carboxylic acids is 1. The maximum atomic E-state index is 12.1. The monoisotopic (exact) mass is 299 g/mol. The second-order valence-electron chi connectivity index (χ2n) is 4.63. The Balaban J connectivity index is 2.89. The van der Waals surface area contributed by atoms with Gasteiger partial charge in [-0.05, 0) is 18.6 Å².